The van der Waals surface area contributed by atoms with Gasteiger partial charge in [0.25, 0.3) is 0 Å². The first-order valence-corrected chi connectivity index (χ1v) is 6.41. The van der Waals surface area contributed by atoms with Crippen LogP contribution in [0.3, 0.4) is 0 Å². The number of hydrogen-bond donors (Lipinski definition) is 1. The number of halogens is 4. The third kappa shape index (κ3) is 6.21. The third-order valence-corrected chi connectivity index (χ3v) is 3.10. The molecule has 0 radical (unpaired) electrons. The van der Waals surface area contributed by atoms with Gasteiger partial charge in [-0.05, 0) is 17.7 Å². The lowest BCUT2D eigenvalue weighted by atomic mass is 10.1. The smallest absolute Gasteiger partial charge is 0.380 e. The number of carbonyl (C=O) groups is 1. The molecule has 0 fully saturated rings. The van der Waals surface area contributed by atoms with Gasteiger partial charge in [0.15, 0.2) is 0 Å². The van der Waals surface area contributed by atoms with E-state index in [0.717, 1.165) is 12.1 Å². The largest absolute Gasteiger partial charge is 0.416 e. The lowest BCUT2D eigenvalue weighted by molar-refractivity contribution is -0.137. The van der Waals surface area contributed by atoms with E-state index in [1.54, 1.807) is 6.07 Å². The molecule has 0 bridgehead atoms. The van der Waals surface area contributed by atoms with Gasteiger partial charge in [-0.25, -0.2) is 0 Å². The van der Waals surface area contributed by atoms with E-state index in [4.69, 9.17) is 10.5 Å². The lowest BCUT2D eigenvalue weighted by Gasteiger charge is -2.20. The maximum absolute atomic E-state index is 12.6. The summed E-state index contributed by atoms with van der Waals surface area (Å²) >= 11 is 0. The number of amides is 1. The Labute approximate surface area is 133 Å². The number of nitrogens with two attached hydrogens (primary N) is 1. The van der Waals surface area contributed by atoms with Crippen molar-refractivity contribution in [1.82, 2.24) is 4.90 Å². The molecule has 1 aromatic carbocycles. The molecule has 8 heteroatoms. The topological polar surface area (TPSA) is 55.6 Å². The van der Waals surface area contributed by atoms with Crippen molar-refractivity contribution < 1.29 is 22.7 Å². The summed E-state index contributed by atoms with van der Waals surface area (Å²) in [4.78, 5) is 13.3. The highest BCUT2D eigenvalue weighted by Crippen LogP contribution is 2.29. The number of methoxy groups -OCH3 is 1. The van der Waals surface area contributed by atoms with Crippen molar-refractivity contribution >= 4 is 18.3 Å². The minimum Gasteiger partial charge on any atom is -0.380 e. The zero-order valence-corrected chi connectivity index (χ0v) is 13.2. The zero-order chi connectivity index (χ0) is 16.0. The van der Waals surface area contributed by atoms with E-state index in [1.807, 2.05) is 0 Å². The van der Waals surface area contributed by atoms with Crippen molar-refractivity contribution in [1.29, 1.82) is 0 Å². The number of alkyl halides is 3. The van der Waals surface area contributed by atoms with Crippen LogP contribution >= 0.6 is 12.4 Å². The molecule has 126 valence electrons. The molecule has 1 rings (SSSR count). The maximum atomic E-state index is 12.6. The second kappa shape index (κ2) is 8.97. The van der Waals surface area contributed by atoms with Gasteiger partial charge in [-0.2, -0.15) is 13.2 Å². The fourth-order valence-corrected chi connectivity index (χ4v) is 1.82. The Hall–Kier alpha value is -1.31. The van der Waals surface area contributed by atoms with Crippen LogP contribution in [0.1, 0.15) is 17.5 Å². The Bertz CT molecular complexity index is 479. The van der Waals surface area contributed by atoms with Gasteiger partial charge in [-0.15, -0.1) is 12.4 Å². The van der Waals surface area contributed by atoms with Crippen molar-refractivity contribution in [3.05, 3.63) is 35.4 Å². The highest BCUT2D eigenvalue weighted by molar-refractivity contribution is 5.85. The molecule has 4 nitrogen and oxygen atoms in total. The molecule has 0 spiro atoms. The molecule has 0 saturated carbocycles. The fourth-order valence-electron chi connectivity index (χ4n) is 1.82. The van der Waals surface area contributed by atoms with Crippen molar-refractivity contribution in [3.63, 3.8) is 0 Å². The summed E-state index contributed by atoms with van der Waals surface area (Å²) in [6.45, 7) is 0.309. The monoisotopic (exact) mass is 340 g/mol. The van der Waals surface area contributed by atoms with Crippen LogP contribution in [0.4, 0.5) is 13.2 Å². The Morgan fingerprint density at radius 1 is 1.41 bits per heavy atom. The molecule has 0 aliphatic heterocycles. The van der Waals surface area contributed by atoms with E-state index in [0.29, 0.717) is 5.56 Å². The highest BCUT2D eigenvalue weighted by atomic mass is 35.5. The van der Waals surface area contributed by atoms with Crippen molar-refractivity contribution in [2.75, 3.05) is 20.7 Å². The second-order valence-electron chi connectivity index (χ2n) is 4.75. The van der Waals surface area contributed by atoms with Gasteiger partial charge in [-0.1, -0.05) is 12.1 Å². The summed E-state index contributed by atoms with van der Waals surface area (Å²) in [6, 6.07) is 4.92. The predicted molar refractivity (Wildman–Crippen MR) is 79.6 cm³/mol. The van der Waals surface area contributed by atoms with E-state index >= 15 is 0 Å². The molecule has 1 aromatic rings. The first kappa shape index (κ1) is 20.7. The SMILES string of the molecule is COC(CN)CC(=O)N(C)Cc1cccc(C(F)(F)F)c1.Cl. The van der Waals surface area contributed by atoms with Crippen LogP contribution < -0.4 is 5.73 Å². The minimum atomic E-state index is -4.39. The summed E-state index contributed by atoms with van der Waals surface area (Å²) in [5, 5.41) is 0. The van der Waals surface area contributed by atoms with Crippen LogP contribution in [0.2, 0.25) is 0 Å². The first-order chi connectivity index (χ1) is 9.77. The van der Waals surface area contributed by atoms with E-state index < -0.39 is 11.7 Å². The van der Waals surface area contributed by atoms with Gasteiger partial charge in [0, 0.05) is 27.2 Å². The fraction of sp³-hybridized carbons (Fsp3) is 0.500. The Kier molecular flexibility index (Phi) is 8.44. The lowest BCUT2D eigenvalue weighted by Crippen LogP contribution is -2.33. The van der Waals surface area contributed by atoms with Gasteiger partial charge in [0.05, 0.1) is 18.1 Å². The Balaban J connectivity index is 0.00000441. The van der Waals surface area contributed by atoms with Crippen LogP contribution in [0.25, 0.3) is 0 Å². The third-order valence-electron chi connectivity index (χ3n) is 3.10. The van der Waals surface area contributed by atoms with E-state index in [2.05, 4.69) is 0 Å². The van der Waals surface area contributed by atoms with Crippen molar-refractivity contribution in [2.24, 2.45) is 5.73 Å². The molecule has 1 atom stereocenters. The van der Waals surface area contributed by atoms with Gasteiger partial charge in [0.2, 0.25) is 5.91 Å². The first-order valence-electron chi connectivity index (χ1n) is 6.41. The van der Waals surface area contributed by atoms with Gasteiger partial charge in [0.1, 0.15) is 0 Å². The number of benzene rings is 1. The van der Waals surface area contributed by atoms with Crippen LogP contribution in [-0.4, -0.2) is 37.6 Å². The molecule has 0 saturated heterocycles. The molecular weight excluding hydrogens is 321 g/mol. The van der Waals surface area contributed by atoms with Crippen molar-refractivity contribution in [3.8, 4) is 0 Å². The minimum absolute atomic E-state index is 0. The zero-order valence-electron chi connectivity index (χ0n) is 12.4. The summed E-state index contributed by atoms with van der Waals surface area (Å²) in [5.41, 5.74) is 5.13. The summed E-state index contributed by atoms with van der Waals surface area (Å²) in [6.07, 6.45) is -4.68. The average Bonchev–Trinajstić information content (AvgIpc) is 2.43. The van der Waals surface area contributed by atoms with E-state index in [9.17, 15) is 18.0 Å². The molecule has 1 unspecified atom stereocenters. The predicted octanol–water partition coefficient (Wildman–Crippen LogP) is 2.45. The number of hydrogen-bond acceptors (Lipinski definition) is 3. The molecule has 0 aliphatic rings. The summed E-state index contributed by atoms with van der Waals surface area (Å²) < 4.78 is 42.9. The van der Waals surface area contributed by atoms with Crippen LogP contribution in [0.5, 0.6) is 0 Å². The average molecular weight is 341 g/mol. The van der Waals surface area contributed by atoms with Gasteiger partial charge >= 0.3 is 6.18 Å². The normalized spacial score (nSPS) is 12.5. The molecule has 0 aromatic heterocycles. The summed E-state index contributed by atoms with van der Waals surface area (Å²) in [7, 11) is 2.99. The van der Waals surface area contributed by atoms with Gasteiger partial charge in [-0.3, -0.25) is 4.79 Å². The molecule has 0 aliphatic carbocycles. The number of ether oxygens (including phenoxy) is 1. The second-order valence-corrected chi connectivity index (χ2v) is 4.75. The Morgan fingerprint density at radius 3 is 2.55 bits per heavy atom. The van der Waals surface area contributed by atoms with Crippen LogP contribution in [0, 0.1) is 0 Å². The molecule has 0 heterocycles. The molecule has 1 amide bonds. The van der Waals surface area contributed by atoms with Crippen molar-refractivity contribution in [2.45, 2.75) is 25.2 Å². The van der Waals surface area contributed by atoms with E-state index in [-0.39, 0.29) is 43.9 Å². The standard InChI is InChI=1S/C14H19F3N2O2.ClH/c1-19(13(20)7-12(8-18)21-2)9-10-4-3-5-11(6-10)14(15,16)17;/h3-6,12H,7-9,18H2,1-2H3;1H. The molecular formula is C14H20ClF3N2O2. The number of carbonyl (C=O) groups excluding carboxylic acids is 1. The Morgan fingerprint density at radius 2 is 2.05 bits per heavy atom. The molecule has 22 heavy (non-hydrogen) atoms. The quantitative estimate of drug-likeness (QED) is 0.865. The number of nitrogens with zero attached hydrogens (tertiary/aromatic N) is 1. The highest BCUT2D eigenvalue weighted by Gasteiger charge is 2.30. The van der Waals surface area contributed by atoms with Crippen LogP contribution in [0.15, 0.2) is 24.3 Å². The maximum Gasteiger partial charge on any atom is 0.416 e. The van der Waals surface area contributed by atoms with E-state index in [1.165, 1.54) is 25.1 Å². The molecule has 2 N–H and O–H groups in total. The summed E-state index contributed by atoms with van der Waals surface area (Å²) in [5.74, 6) is -0.232. The van der Waals surface area contributed by atoms with Gasteiger partial charge < -0.3 is 15.4 Å². The van der Waals surface area contributed by atoms with Crippen LogP contribution in [-0.2, 0) is 22.3 Å². The number of rotatable bonds is 6.